The molecule has 21 heavy (non-hydrogen) atoms. The molecular weight excluding hydrogens is 274 g/mol. The molecule has 0 atom stereocenters. The Morgan fingerprint density at radius 1 is 1.05 bits per heavy atom. The molecule has 2 nitrogen and oxygen atoms in total. The second-order valence-electron chi connectivity index (χ2n) is 4.77. The van der Waals surface area contributed by atoms with Crippen LogP contribution in [0.3, 0.4) is 0 Å². The van der Waals surface area contributed by atoms with Crippen LogP contribution in [0.4, 0.5) is 8.78 Å². The molecule has 2 aromatic carbocycles. The van der Waals surface area contributed by atoms with Crippen molar-refractivity contribution in [2.45, 2.75) is 26.2 Å². The fourth-order valence-electron chi connectivity index (χ4n) is 1.89. The number of carbonyl (C=O) groups is 1. The third-order valence-corrected chi connectivity index (χ3v) is 3.11. The zero-order valence-corrected chi connectivity index (χ0v) is 11.7. The SMILES string of the molecule is CCCCc1ccc(C(=O)Oc2ccc(F)c(F)c2)cc1. The molecule has 4 heteroatoms. The van der Waals surface area contributed by atoms with Gasteiger partial charge in [-0.1, -0.05) is 25.5 Å². The van der Waals surface area contributed by atoms with Gasteiger partial charge in [0.2, 0.25) is 0 Å². The highest BCUT2D eigenvalue weighted by molar-refractivity contribution is 5.91. The molecule has 0 amide bonds. The summed E-state index contributed by atoms with van der Waals surface area (Å²) in [4.78, 5) is 11.9. The summed E-state index contributed by atoms with van der Waals surface area (Å²) in [7, 11) is 0. The Hall–Kier alpha value is -2.23. The number of halogens is 2. The van der Waals surface area contributed by atoms with Crippen LogP contribution in [0.25, 0.3) is 0 Å². The van der Waals surface area contributed by atoms with Gasteiger partial charge in [-0.05, 0) is 42.7 Å². The van der Waals surface area contributed by atoms with Gasteiger partial charge in [-0.3, -0.25) is 0 Å². The van der Waals surface area contributed by atoms with Crippen molar-refractivity contribution in [3.8, 4) is 5.75 Å². The van der Waals surface area contributed by atoms with Crippen molar-refractivity contribution in [3.05, 3.63) is 65.2 Å². The van der Waals surface area contributed by atoms with E-state index >= 15 is 0 Å². The molecule has 0 aliphatic carbocycles. The van der Waals surface area contributed by atoms with Gasteiger partial charge in [-0.25, -0.2) is 13.6 Å². The zero-order chi connectivity index (χ0) is 15.2. The third kappa shape index (κ3) is 4.12. The van der Waals surface area contributed by atoms with Crippen molar-refractivity contribution in [3.63, 3.8) is 0 Å². The predicted octanol–water partition coefficient (Wildman–Crippen LogP) is 4.53. The van der Waals surface area contributed by atoms with Crippen molar-refractivity contribution in [1.29, 1.82) is 0 Å². The molecule has 110 valence electrons. The van der Waals surface area contributed by atoms with E-state index in [1.54, 1.807) is 12.1 Å². The Morgan fingerprint density at radius 3 is 2.38 bits per heavy atom. The van der Waals surface area contributed by atoms with E-state index in [2.05, 4.69) is 6.92 Å². The Kier molecular flexibility index (Phi) is 5.04. The van der Waals surface area contributed by atoms with E-state index in [0.717, 1.165) is 37.0 Å². The monoisotopic (exact) mass is 290 g/mol. The van der Waals surface area contributed by atoms with Gasteiger partial charge in [0, 0.05) is 6.07 Å². The van der Waals surface area contributed by atoms with E-state index in [-0.39, 0.29) is 5.75 Å². The number of unbranched alkanes of at least 4 members (excludes halogenated alkanes) is 1. The Balaban J connectivity index is 2.04. The lowest BCUT2D eigenvalue weighted by atomic mass is 10.1. The lowest BCUT2D eigenvalue weighted by molar-refractivity contribution is 0.0734. The summed E-state index contributed by atoms with van der Waals surface area (Å²) in [6.45, 7) is 2.12. The van der Waals surface area contributed by atoms with Gasteiger partial charge >= 0.3 is 5.97 Å². The number of esters is 1. The molecule has 0 heterocycles. The minimum atomic E-state index is -1.05. The molecule has 0 N–H and O–H groups in total. The summed E-state index contributed by atoms with van der Waals surface area (Å²) in [6.07, 6.45) is 3.17. The first-order chi connectivity index (χ1) is 10.1. The van der Waals surface area contributed by atoms with Crippen LogP contribution in [0.5, 0.6) is 5.75 Å². The summed E-state index contributed by atoms with van der Waals surface area (Å²) < 4.78 is 30.8. The first-order valence-electron chi connectivity index (χ1n) is 6.86. The quantitative estimate of drug-likeness (QED) is 0.597. The maximum atomic E-state index is 13.0. The minimum Gasteiger partial charge on any atom is -0.423 e. The van der Waals surface area contributed by atoms with Gasteiger partial charge in [-0.2, -0.15) is 0 Å². The average Bonchev–Trinajstić information content (AvgIpc) is 2.49. The van der Waals surface area contributed by atoms with Crippen LogP contribution >= 0.6 is 0 Å². The summed E-state index contributed by atoms with van der Waals surface area (Å²) in [6, 6.07) is 10.1. The zero-order valence-electron chi connectivity index (χ0n) is 11.7. The second kappa shape index (κ2) is 6.97. The van der Waals surface area contributed by atoms with Gasteiger partial charge in [0.05, 0.1) is 5.56 Å². The Bertz CT molecular complexity index is 621. The largest absolute Gasteiger partial charge is 0.423 e. The first kappa shape index (κ1) is 15.2. The van der Waals surface area contributed by atoms with Crippen molar-refractivity contribution in [1.82, 2.24) is 0 Å². The van der Waals surface area contributed by atoms with E-state index in [0.29, 0.717) is 5.56 Å². The molecule has 0 bridgehead atoms. The standard InChI is InChI=1S/C17H16F2O2/c1-2-3-4-12-5-7-13(8-6-12)17(20)21-14-9-10-15(18)16(19)11-14/h5-11H,2-4H2,1H3. The second-order valence-corrected chi connectivity index (χ2v) is 4.77. The van der Waals surface area contributed by atoms with Crippen molar-refractivity contribution >= 4 is 5.97 Å². The molecule has 0 fully saturated rings. The molecule has 0 saturated carbocycles. The smallest absolute Gasteiger partial charge is 0.343 e. The van der Waals surface area contributed by atoms with Gasteiger partial charge in [-0.15, -0.1) is 0 Å². The maximum Gasteiger partial charge on any atom is 0.343 e. The van der Waals surface area contributed by atoms with E-state index in [1.165, 1.54) is 6.07 Å². The predicted molar refractivity (Wildman–Crippen MR) is 76.4 cm³/mol. The average molecular weight is 290 g/mol. The number of aryl methyl sites for hydroxylation is 1. The van der Waals surface area contributed by atoms with Gasteiger partial charge in [0.15, 0.2) is 11.6 Å². The molecule has 0 aliphatic rings. The number of ether oxygens (including phenoxy) is 1. The molecule has 2 aromatic rings. The van der Waals surface area contributed by atoms with Gasteiger partial charge < -0.3 is 4.74 Å². The summed E-state index contributed by atoms with van der Waals surface area (Å²) in [5, 5.41) is 0. The summed E-state index contributed by atoms with van der Waals surface area (Å²) in [5.41, 5.74) is 1.53. The van der Waals surface area contributed by atoms with Gasteiger partial charge in [0.25, 0.3) is 0 Å². The number of rotatable bonds is 5. The Morgan fingerprint density at radius 2 is 1.76 bits per heavy atom. The molecular formula is C17H16F2O2. The van der Waals surface area contributed by atoms with Crippen molar-refractivity contribution in [2.75, 3.05) is 0 Å². The highest BCUT2D eigenvalue weighted by Gasteiger charge is 2.10. The normalized spacial score (nSPS) is 10.4. The molecule has 0 spiro atoms. The molecule has 0 saturated heterocycles. The fourth-order valence-corrected chi connectivity index (χ4v) is 1.89. The number of hydrogen-bond acceptors (Lipinski definition) is 2. The van der Waals surface area contributed by atoms with Crippen LogP contribution in [0.2, 0.25) is 0 Å². The van der Waals surface area contributed by atoms with Crippen LogP contribution in [0.1, 0.15) is 35.7 Å². The number of carbonyl (C=O) groups excluding carboxylic acids is 1. The molecule has 0 aliphatic heterocycles. The van der Waals surface area contributed by atoms with Gasteiger partial charge in [0.1, 0.15) is 5.75 Å². The first-order valence-corrected chi connectivity index (χ1v) is 6.86. The highest BCUT2D eigenvalue weighted by Crippen LogP contribution is 2.17. The van der Waals surface area contributed by atoms with E-state index in [4.69, 9.17) is 4.74 Å². The van der Waals surface area contributed by atoms with Crippen LogP contribution in [-0.4, -0.2) is 5.97 Å². The van der Waals surface area contributed by atoms with Crippen LogP contribution in [0, 0.1) is 11.6 Å². The maximum absolute atomic E-state index is 13.0. The van der Waals surface area contributed by atoms with E-state index in [9.17, 15) is 13.6 Å². The van der Waals surface area contributed by atoms with Crippen molar-refractivity contribution < 1.29 is 18.3 Å². The van der Waals surface area contributed by atoms with E-state index < -0.39 is 17.6 Å². The number of hydrogen-bond donors (Lipinski definition) is 0. The molecule has 0 unspecified atom stereocenters. The van der Waals surface area contributed by atoms with Crippen molar-refractivity contribution in [2.24, 2.45) is 0 Å². The summed E-state index contributed by atoms with van der Waals surface area (Å²) in [5.74, 6) is -2.64. The third-order valence-electron chi connectivity index (χ3n) is 3.11. The summed E-state index contributed by atoms with van der Waals surface area (Å²) >= 11 is 0. The van der Waals surface area contributed by atoms with Crippen LogP contribution in [0.15, 0.2) is 42.5 Å². The van der Waals surface area contributed by atoms with Crippen LogP contribution in [-0.2, 0) is 6.42 Å². The molecule has 0 aromatic heterocycles. The Labute approximate surface area is 122 Å². The lowest BCUT2D eigenvalue weighted by Crippen LogP contribution is -2.08. The molecule has 2 rings (SSSR count). The molecule has 0 radical (unpaired) electrons. The van der Waals surface area contributed by atoms with E-state index in [1.807, 2.05) is 12.1 Å². The topological polar surface area (TPSA) is 26.3 Å². The van der Waals surface area contributed by atoms with Crippen LogP contribution < -0.4 is 4.74 Å². The minimum absolute atomic E-state index is 0.0195. The highest BCUT2D eigenvalue weighted by atomic mass is 19.2. The fraction of sp³-hybridized carbons (Fsp3) is 0.235. The lowest BCUT2D eigenvalue weighted by Gasteiger charge is -2.06. The number of benzene rings is 2.